The van der Waals surface area contributed by atoms with Crippen LogP contribution in [0.1, 0.15) is 5.82 Å². The van der Waals surface area contributed by atoms with Gasteiger partial charge < -0.3 is 4.74 Å². The molecule has 1 heterocycles. The molecule has 6 heteroatoms. The van der Waals surface area contributed by atoms with Crippen molar-refractivity contribution in [2.45, 2.75) is 6.61 Å². The fourth-order valence-corrected chi connectivity index (χ4v) is 2.22. The minimum atomic E-state index is -0.365. The van der Waals surface area contributed by atoms with E-state index in [0.717, 1.165) is 0 Å². The summed E-state index contributed by atoms with van der Waals surface area (Å²) in [4.78, 5) is 0. The maximum Gasteiger partial charge on any atom is 0.200 e. The molecule has 3 rings (SSSR count). The fraction of sp³-hybridized carbons (Fsp3) is 0.0667. The van der Waals surface area contributed by atoms with Crippen LogP contribution in [0.5, 0.6) is 5.75 Å². The molecule has 0 aliphatic rings. The van der Waals surface area contributed by atoms with Crippen LogP contribution in [-0.4, -0.2) is 14.8 Å². The lowest BCUT2D eigenvalue weighted by Crippen LogP contribution is -2.07. The summed E-state index contributed by atoms with van der Waals surface area (Å²) >= 11 is 5.17. The minimum Gasteiger partial charge on any atom is -0.486 e. The number of aromatic amines is 1. The first-order valence-corrected chi connectivity index (χ1v) is 6.75. The second-order valence-corrected chi connectivity index (χ2v) is 4.72. The van der Waals surface area contributed by atoms with Crippen LogP contribution >= 0.6 is 12.2 Å². The Morgan fingerprint density at radius 3 is 2.57 bits per heavy atom. The topological polar surface area (TPSA) is 42.8 Å². The zero-order valence-electron chi connectivity index (χ0n) is 11.0. The standard InChI is InChI=1S/C15H12FN3OS/c16-12-8-4-5-9-13(12)19-14(17-18-15(19)21)10-20-11-6-2-1-3-7-11/h1-9H,10H2,(H,18,21). The molecule has 0 unspecified atom stereocenters. The van der Waals surface area contributed by atoms with E-state index in [9.17, 15) is 4.39 Å². The molecule has 4 nitrogen and oxygen atoms in total. The van der Waals surface area contributed by atoms with Gasteiger partial charge in [-0.15, -0.1) is 0 Å². The summed E-state index contributed by atoms with van der Waals surface area (Å²) in [6.07, 6.45) is 0. The molecule has 1 N–H and O–H groups in total. The Bertz CT molecular complexity index is 798. The van der Waals surface area contributed by atoms with Crippen molar-refractivity contribution in [2.24, 2.45) is 0 Å². The Hall–Kier alpha value is -2.47. The molecule has 0 spiro atoms. The molecule has 0 aliphatic heterocycles. The first-order chi connectivity index (χ1) is 10.3. The summed E-state index contributed by atoms with van der Waals surface area (Å²) in [6, 6.07) is 15.7. The number of benzene rings is 2. The molecule has 0 saturated heterocycles. The highest BCUT2D eigenvalue weighted by Crippen LogP contribution is 2.17. The number of rotatable bonds is 4. The van der Waals surface area contributed by atoms with Gasteiger partial charge in [0.1, 0.15) is 18.2 Å². The molecule has 106 valence electrons. The number of aromatic nitrogens is 3. The van der Waals surface area contributed by atoms with E-state index in [-0.39, 0.29) is 12.4 Å². The normalized spacial score (nSPS) is 10.5. The Morgan fingerprint density at radius 1 is 1.10 bits per heavy atom. The van der Waals surface area contributed by atoms with E-state index in [0.29, 0.717) is 22.0 Å². The highest BCUT2D eigenvalue weighted by atomic mass is 32.1. The highest BCUT2D eigenvalue weighted by Gasteiger charge is 2.12. The predicted molar refractivity (Wildman–Crippen MR) is 79.5 cm³/mol. The predicted octanol–water partition coefficient (Wildman–Crippen LogP) is 3.65. The van der Waals surface area contributed by atoms with Crippen molar-refractivity contribution in [3.05, 3.63) is 71.0 Å². The van der Waals surface area contributed by atoms with Gasteiger partial charge in [0, 0.05) is 0 Å². The van der Waals surface area contributed by atoms with Crippen LogP contribution < -0.4 is 4.74 Å². The second kappa shape index (κ2) is 5.88. The zero-order valence-corrected chi connectivity index (χ0v) is 11.8. The molecule has 0 radical (unpaired) electrons. The Balaban J connectivity index is 1.91. The van der Waals surface area contributed by atoms with Gasteiger partial charge in [-0.25, -0.2) is 4.39 Å². The Labute approximate surface area is 125 Å². The van der Waals surface area contributed by atoms with E-state index in [1.807, 2.05) is 30.3 Å². The van der Waals surface area contributed by atoms with Gasteiger partial charge in [-0.05, 0) is 36.5 Å². The number of ether oxygens (including phenoxy) is 1. The van der Waals surface area contributed by atoms with Crippen LogP contribution in [0.4, 0.5) is 4.39 Å². The van der Waals surface area contributed by atoms with Crippen molar-refractivity contribution in [1.29, 1.82) is 0 Å². The molecule has 0 aliphatic carbocycles. The highest BCUT2D eigenvalue weighted by molar-refractivity contribution is 7.71. The molecule has 0 amide bonds. The van der Waals surface area contributed by atoms with Gasteiger partial charge in [0.2, 0.25) is 0 Å². The van der Waals surface area contributed by atoms with Gasteiger partial charge in [-0.3, -0.25) is 9.67 Å². The largest absolute Gasteiger partial charge is 0.486 e. The molecule has 21 heavy (non-hydrogen) atoms. The van der Waals surface area contributed by atoms with E-state index in [1.54, 1.807) is 18.2 Å². The molecule has 0 saturated carbocycles. The average Bonchev–Trinajstić information content (AvgIpc) is 2.88. The SMILES string of the molecule is Fc1ccccc1-n1c(COc2ccccc2)n[nH]c1=S. The summed E-state index contributed by atoms with van der Waals surface area (Å²) in [5.41, 5.74) is 0.350. The van der Waals surface area contributed by atoms with E-state index in [4.69, 9.17) is 17.0 Å². The third kappa shape index (κ3) is 2.85. The van der Waals surface area contributed by atoms with Gasteiger partial charge >= 0.3 is 0 Å². The Kier molecular flexibility index (Phi) is 3.79. The smallest absolute Gasteiger partial charge is 0.200 e. The number of hydrogen-bond acceptors (Lipinski definition) is 3. The van der Waals surface area contributed by atoms with E-state index in [2.05, 4.69) is 10.2 Å². The van der Waals surface area contributed by atoms with Crippen LogP contribution in [0.2, 0.25) is 0 Å². The van der Waals surface area contributed by atoms with E-state index >= 15 is 0 Å². The van der Waals surface area contributed by atoms with Gasteiger partial charge in [-0.2, -0.15) is 5.10 Å². The van der Waals surface area contributed by atoms with Gasteiger partial charge in [-0.1, -0.05) is 30.3 Å². The number of H-pyrrole nitrogens is 1. The van der Waals surface area contributed by atoms with Gasteiger partial charge in [0.15, 0.2) is 10.6 Å². The maximum atomic E-state index is 13.9. The second-order valence-electron chi connectivity index (χ2n) is 4.33. The first-order valence-electron chi connectivity index (χ1n) is 6.35. The number of nitrogens with zero attached hydrogens (tertiary/aromatic N) is 2. The number of halogens is 1. The van der Waals surface area contributed by atoms with Crippen LogP contribution in [-0.2, 0) is 6.61 Å². The molecule has 0 fully saturated rings. The molecule has 0 bridgehead atoms. The lowest BCUT2D eigenvalue weighted by molar-refractivity contribution is 0.293. The average molecular weight is 301 g/mol. The van der Waals surface area contributed by atoms with Crippen LogP contribution in [0.25, 0.3) is 5.69 Å². The lowest BCUT2D eigenvalue weighted by Gasteiger charge is -2.09. The number of para-hydroxylation sites is 2. The molecule has 1 aromatic heterocycles. The lowest BCUT2D eigenvalue weighted by atomic mass is 10.3. The van der Waals surface area contributed by atoms with E-state index in [1.165, 1.54) is 10.6 Å². The zero-order chi connectivity index (χ0) is 14.7. The fourth-order valence-electron chi connectivity index (χ4n) is 1.97. The van der Waals surface area contributed by atoms with Crippen LogP contribution in [0, 0.1) is 10.6 Å². The third-order valence-electron chi connectivity index (χ3n) is 2.95. The van der Waals surface area contributed by atoms with Crippen molar-refractivity contribution in [3.63, 3.8) is 0 Å². The summed E-state index contributed by atoms with van der Waals surface area (Å²) in [5, 5.41) is 6.77. The molecule has 3 aromatic rings. The summed E-state index contributed by atoms with van der Waals surface area (Å²) in [6.45, 7) is 0.186. The van der Waals surface area contributed by atoms with Crippen molar-refractivity contribution in [1.82, 2.24) is 14.8 Å². The van der Waals surface area contributed by atoms with Crippen molar-refractivity contribution in [2.75, 3.05) is 0 Å². The van der Waals surface area contributed by atoms with Crippen LogP contribution in [0.3, 0.4) is 0 Å². The van der Waals surface area contributed by atoms with Crippen LogP contribution in [0.15, 0.2) is 54.6 Å². The number of nitrogens with one attached hydrogen (secondary N) is 1. The quantitative estimate of drug-likeness (QED) is 0.748. The summed E-state index contributed by atoms with van der Waals surface area (Å²) < 4.78 is 21.4. The van der Waals surface area contributed by atoms with Gasteiger partial charge in [0.25, 0.3) is 0 Å². The summed E-state index contributed by atoms with van der Waals surface area (Å²) in [7, 11) is 0. The van der Waals surface area contributed by atoms with Crippen molar-refractivity contribution in [3.8, 4) is 11.4 Å². The molecule has 2 aromatic carbocycles. The molecule has 0 atom stereocenters. The maximum absolute atomic E-state index is 13.9. The van der Waals surface area contributed by atoms with Crippen molar-refractivity contribution >= 4 is 12.2 Å². The van der Waals surface area contributed by atoms with Crippen molar-refractivity contribution < 1.29 is 9.13 Å². The first kappa shape index (κ1) is 13.5. The molecular weight excluding hydrogens is 289 g/mol. The van der Waals surface area contributed by atoms with Gasteiger partial charge in [0.05, 0.1) is 5.69 Å². The monoisotopic (exact) mass is 301 g/mol. The third-order valence-corrected chi connectivity index (χ3v) is 3.22. The summed E-state index contributed by atoms with van der Waals surface area (Å²) in [5.74, 6) is 0.858. The Morgan fingerprint density at radius 2 is 1.81 bits per heavy atom. The minimum absolute atomic E-state index is 0.186. The number of hydrogen-bond donors (Lipinski definition) is 1. The molecular formula is C15H12FN3OS. The van der Waals surface area contributed by atoms with E-state index < -0.39 is 0 Å².